The molecule has 1 fully saturated rings. The van der Waals surface area contributed by atoms with Gasteiger partial charge >= 0.3 is 5.97 Å². The number of carbonyl (C=O) groups is 2. The average Bonchev–Trinajstić information content (AvgIpc) is 3.02. The number of aromatic nitrogens is 3. The van der Waals surface area contributed by atoms with Crippen LogP contribution in [0, 0.1) is 17.0 Å². The fourth-order valence-corrected chi connectivity index (χ4v) is 3.08. The number of carboxylic acids is 1. The zero-order chi connectivity index (χ0) is 18.8. The number of piperidine rings is 1. The Bertz CT molecular complexity index is 878. The number of aliphatic carboxylic acids is 1. The van der Waals surface area contributed by atoms with Gasteiger partial charge in [0.25, 0.3) is 11.6 Å². The second-order valence-electron chi connectivity index (χ2n) is 6.06. The maximum Gasteiger partial charge on any atom is 0.326 e. The zero-order valence-electron chi connectivity index (χ0n) is 14.0. The van der Waals surface area contributed by atoms with Crippen LogP contribution in [0.5, 0.6) is 0 Å². The molecular weight excluding hydrogens is 342 g/mol. The summed E-state index contributed by atoms with van der Waals surface area (Å²) in [5.74, 6) is -1.53. The first-order valence-electron chi connectivity index (χ1n) is 8.11. The molecule has 0 aliphatic carbocycles. The van der Waals surface area contributed by atoms with Gasteiger partial charge in [-0.2, -0.15) is 0 Å². The second-order valence-corrected chi connectivity index (χ2v) is 6.06. The molecule has 26 heavy (non-hydrogen) atoms. The summed E-state index contributed by atoms with van der Waals surface area (Å²) in [5, 5.41) is 28.1. The smallest absolute Gasteiger partial charge is 0.326 e. The highest BCUT2D eigenvalue weighted by Gasteiger charge is 2.34. The quantitative estimate of drug-likeness (QED) is 0.647. The van der Waals surface area contributed by atoms with Crippen LogP contribution in [0.3, 0.4) is 0 Å². The second kappa shape index (κ2) is 6.90. The van der Waals surface area contributed by atoms with Crippen molar-refractivity contribution in [1.29, 1.82) is 0 Å². The van der Waals surface area contributed by atoms with E-state index in [-0.39, 0.29) is 11.4 Å². The summed E-state index contributed by atoms with van der Waals surface area (Å²) in [6, 6.07) is 4.94. The van der Waals surface area contributed by atoms with E-state index in [2.05, 4.69) is 10.3 Å². The first-order chi connectivity index (χ1) is 12.4. The number of nitro benzene ring substituents is 1. The van der Waals surface area contributed by atoms with Gasteiger partial charge in [-0.15, -0.1) is 5.10 Å². The number of hydrogen-bond acceptors (Lipinski definition) is 6. The van der Waals surface area contributed by atoms with E-state index in [4.69, 9.17) is 0 Å². The van der Waals surface area contributed by atoms with Crippen LogP contribution in [0.1, 0.15) is 35.4 Å². The van der Waals surface area contributed by atoms with Crippen molar-refractivity contribution < 1.29 is 19.6 Å². The summed E-state index contributed by atoms with van der Waals surface area (Å²) >= 11 is 0. The van der Waals surface area contributed by atoms with Gasteiger partial charge in [-0.05, 0) is 32.3 Å². The minimum Gasteiger partial charge on any atom is -0.480 e. The maximum atomic E-state index is 12.8. The molecule has 10 heteroatoms. The fourth-order valence-electron chi connectivity index (χ4n) is 3.08. The highest BCUT2D eigenvalue weighted by molar-refractivity contribution is 5.96. The summed E-state index contributed by atoms with van der Waals surface area (Å²) in [6.45, 7) is 1.96. The number of carbonyl (C=O) groups excluding carboxylic acids is 1. The minimum atomic E-state index is -1.04. The fraction of sp³-hybridized carbons (Fsp3) is 0.375. The van der Waals surface area contributed by atoms with E-state index in [1.54, 1.807) is 13.0 Å². The molecule has 2 heterocycles. The highest BCUT2D eigenvalue weighted by Crippen LogP contribution is 2.22. The molecule has 1 aliphatic rings. The first kappa shape index (κ1) is 17.5. The molecule has 1 amide bonds. The molecule has 1 saturated heterocycles. The minimum absolute atomic E-state index is 0.0460. The van der Waals surface area contributed by atoms with E-state index in [0.717, 1.165) is 12.8 Å². The lowest BCUT2D eigenvalue weighted by atomic mass is 10.0. The molecule has 3 rings (SSSR count). The number of benzene rings is 1. The topological polar surface area (TPSA) is 131 Å². The third kappa shape index (κ3) is 3.13. The van der Waals surface area contributed by atoms with Crippen LogP contribution in [0.25, 0.3) is 5.69 Å². The van der Waals surface area contributed by atoms with Crippen molar-refractivity contribution in [1.82, 2.24) is 19.9 Å². The number of nitro groups is 1. The standard InChI is InChI=1S/C16H17N5O5/c1-10-14(15(22)19-8-3-2-7-13(19)16(23)24)17-18-20(10)11-5-4-6-12(9-11)21(25)26/h4-6,9,13H,2-3,7-8H2,1H3,(H,23,24)/t13-/m1/s1. The SMILES string of the molecule is Cc1c(C(=O)N2CCCC[C@@H]2C(=O)O)nnn1-c1cccc([N+](=O)[O-])c1. The predicted octanol–water partition coefficient (Wildman–Crippen LogP) is 1.56. The number of non-ortho nitro benzene ring substituents is 1. The number of amides is 1. The Kier molecular flexibility index (Phi) is 4.65. The van der Waals surface area contributed by atoms with Crippen molar-refractivity contribution in [3.05, 3.63) is 45.8 Å². The third-order valence-electron chi connectivity index (χ3n) is 4.43. The van der Waals surface area contributed by atoms with Crippen molar-refractivity contribution in [2.45, 2.75) is 32.2 Å². The lowest BCUT2D eigenvalue weighted by Crippen LogP contribution is -2.48. The molecule has 1 atom stereocenters. The average molecular weight is 359 g/mol. The monoisotopic (exact) mass is 359 g/mol. The Morgan fingerprint density at radius 1 is 1.35 bits per heavy atom. The molecule has 0 unspecified atom stereocenters. The summed E-state index contributed by atoms with van der Waals surface area (Å²) in [4.78, 5) is 35.9. The molecule has 0 saturated carbocycles. The van der Waals surface area contributed by atoms with Gasteiger partial charge in [-0.25, -0.2) is 9.48 Å². The molecule has 0 radical (unpaired) electrons. The van der Waals surface area contributed by atoms with Gasteiger partial charge in [0.1, 0.15) is 6.04 Å². The molecule has 136 valence electrons. The number of nitrogens with zero attached hydrogens (tertiary/aromatic N) is 5. The summed E-state index contributed by atoms with van der Waals surface area (Å²) in [6.07, 6.45) is 1.88. The van der Waals surface area contributed by atoms with Crippen LogP contribution in [0.4, 0.5) is 5.69 Å². The number of carboxylic acid groups (broad SMARTS) is 1. The lowest BCUT2D eigenvalue weighted by Gasteiger charge is -2.32. The van der Waals surface area contributed by atoms with E-state index in [1.807, 2.05) is 0 Å². The molecule has 1 aliphatic heterocycles. The van der Waals surface area contributed by atoms with Crippen LogP contribution >= 0.6 is 0 Å². The van der Waals surface area contributed by atoms with Crippen LogP contribution in [0.15, 0.2) is 24.3 Å². The summed E-state index contributed by atoms with van der Waals surface area (Å²) < 4.78 is 1.33. The van der Waals surface area contributed by atoms with Crippen molar-refractivity contribution in [3.63, 3.8) is 0 Å². The summed E-state index contributed by atoms with van der Waals surface area (Å²) in [5.41, 5.74) is 0.735. The van der Waals surface area contributed by atoms with Gasteiger partial charge in [-0.3, -0.25) is 14.9 Å². The van der Waals surface area contributed by atoms with Crippen LogP contribution < -0.4 is 0 Å². The predicted molar refractivity (Wildman–Crippen MR) is 89.1 cm³/mol. The van der Waals surface area contributed by atoms with Gasteiger partial charge in [0.2, 0.25) is 0 Å². The molecule has 2 aromatic rings. The van der Waals surface area contributed by atoms with Crippen molar-refractivity contribution >= 4 is 17.6 Å². The van der Waals surface area contributed by atoms with E-state index >= 15 is 0 Å². The summed E-state index contributed by atoms with van der Waals surface area (Å²) in [7, 11) is 0. The van der Waals surface area contributed by atoms with Crippen LogP contribution in [-0.4, -0.2) is 54.4 Å². The van der Waals surface area contributed by atoms with Crippen molar-refractivity contribution in [3.8, 4) is 5.69 Å². The number of rotatable bonds is 4. The molecule has 1 N–H and O–H groups in total. The maximum absolute atomic E-state index is 12.8. The van der Waals surface area contributed by atoms with Gasteiger partial charge in [0, 0.05) is 18.7 Å². The Morgan fingerprint density at radius 2 is 2.12 bits per heavy atom. The molecule has 1 aromatic heterocycles. The molecular formula is C16H17N5O5. The van der Waals surface area contributed by atoms with Crippen LogP contribution in [0.2, 0.25) is 0 Å². The molecule has 0 spiro atoms. The Hall–Kier alpha value is -3.30. The van der Waals surface area contributed by atoms with E-state index in [1.165, 1.54) is 27.8 Å². The third-order valence-corrected chi connectivity index (χ3v) is 4.43. The Labute approximate surface area is 148 Å². The van der Waals surface area contributed by atoms with E-state index in [0.29, 0.717) is 24.3 Å². The zero-order valence-corrected chi connectivity index (χ0v) is 14.0. The van der Waals surface area contributed by atoms with Crippen molar-refractivity contribution in [2.75, 3.05) is 6.54 Å². The largest absolute Gasteiger partial charge is 0.480 e. The van der Waals surface area contributed by atoms with Gasteiger partial charge in [0.15, 0.2) is 5.69 Å². The van der Waals surface area contributed by atoms with Crippen molar-refractivity contribution in [2.24, 2.45) is 0 Å². The lowest BCUT2D eigenvalue weighted by molar-refractivity contribution is -0.384. The molecule has 10 nitrogen and oxygen atoms in total. The molecule has 0 bridgehead atoms. The number of likely N-dealkylation sites (tertiary alicyclic amines) is 1. The number of hydrogen-bond donors (Lipinski definition) is 1. The normalized spacial score (nSPS) is 17.1. The Balaban J connectivity index is 1.93. The van der Waals surface area contributed by atoms with E-state index in [9.17, 15) is 24.8 Å². The first-order valence-corrected chi connectivity index (χ1v) is 8.11. The Morgan fingerprint density at radius 3 is 2.81 bits per heavy atom. The van der Waals surface area contributed by atoms with Crippen LogP contribution in [-0.2, 0) is 4.79 Å². The van der Waals surface area contributed by atoms with Gasteiger partial charge < -0.3 is 10.0 Å². The van der Waals surface area contributed by atoms with Gasteiger partial charge in [0.05, 0.1) is 16.3 Å². The molecule has 1 aromatic carbocycles. The van der Waals surface area contributed by atoms with E-state index < -0.39 is 22.8 Å². The van der Waals surface area contributed by atoms with Gasteiger partial charge in [-0.1, -0.05) is 11.3 Å². The highest BCUT2D eigenvalue weighted by atomic mass is 16.6.